The van der Waals surface area contributed by atoms with Gasteiger partial charge in [-0.15, -0.1) is 0 Å². The molecule has 11 heteroatoms. The van der Waals surface area contributed by atoms with Crippen molar-refractivity contribution in [3.63, 3.8) is 0 Å². The number of benzene rings is 2. The molecule has 0 aliphatic rings. The molecule has 35 heavy (non-hydrogen) atoms. The topological polar surface area (TPSA) is 98.4 Å². The van der Waals surface area contributed by atoms with Crippen LogP contribution in [0.2, 0.25) is 0 Å². The Morgan fingerprint density at radius 2 is 1.83 bits per heavy atom. The average Bonchev–Trinajstić information content (AvgIpc) is 3.50. The van der Waals surface area contributed by atoms with Crippen LogP contribution >= 0.6 is 0 Å². The lowest BCUT2D eigenvalue weighted by Gasteiger charge is -2.16. The molecule has 2 aromatic carbocycles. The molecule has 4 rings (SSSR count). The molecule has 2 heterocycles. The van der Waals surface area contributed by atoms with Gasteiger partial charge in [0.25, 0.3) is 11.8 Å². The Hall–Kier alpha value is -4.54. The van der Waals surface area contributed by atoms with Crippen LogP contribution in [0, 0.1) is 0 Å². The summed E-state index contributed by atoms with van der Waals surface area (Å²) < 4.78 is 53.4. The van der Waals surface area contributed by atoms with E-state index in [1.165, 1.54) is 48.7 Å². The van der Waals surface area contributed by atoms with Crippen LogP contribution in [0.5, 0.6) is 5.75 Å². The predicted octanol–water partition coefficient (Wildman–Crippen LogP) is 5.12. The number of nitrogens with zero attached hydrogens (tertiary/aromatic N) is 2. The van der Waals surface area contributed by atoms with Gasteiger partial charge in [0.2, 0.25) is 0 Å². The van der Waals surface area contributed by atoms with Crippen molar-refractivity contribution in [3.05, 3.63) is 96.0 Å². The molecule has 2 N–H and O–H groups in total. The number of rotatable bonds is 7. The second-order valence-corrected chi connectivity index (χ2v) is 7.41. The van der Waals surface area contributed by atoms with Crippen LogP contribution in [0.15, 0.2) is 77.7 Å². The summed E-state index contributed by atoms with van der Waals surface area (Å²) in [5.41, 5.74) is -1.53. The van der Waals surface area contributed by atoms with E-state index in [4.69, 9.17) is 9.15 Å². The molecule has 0 bridgehead atoms. The fourth-order valence-electron chi connectivity index (χ4n) is 3.15. The van der Waals surface area contributed by atoms with Crippen LogP contribution in [-0.4, -0.2) is 21.4 Å². The van der Waals surface area contributed by atoms with Crippen molar-refractivity contribution >= 4 is 23.2 Å². The summed E-state index contributed by atoms with van der Waals surface area (Å²) in [6.07, 6.45) is -0.0909. The number of aromatic nitrogens is 2. The van der Waals surface area contributed by atoms with E-state index in [2.05, 4.69) is 15.6 Å². The Labute approximate surface area is 197 Å². The summed E-state index contributed by atoms with van der Waals surface area (Å²) in [6.45, 7) is 0.215. The first-order chi connectivity index (χ1) is 16.7. The van der Waals surface area contributed by atoms with Gasteiger partial charge < -0.3 is 24.4 Å². The van der Waals surface area contributed by atoms with Gasteiger partial charge in [-0.3, -0.25) is 9.59 Å². The van der Waals surface area contributed by atoms with E-state index >= 15 is 0 Å². The van der Waals surface area contributed by atoms with Crippen molar-refractivity contribution in [3.8, 4) is 5.75 Å². The summed E-state index contributed by atoms with van der Waals surface area (Å²) in [6, 6.07) is 11.9. The molecule has 8 nitrogen and oxygen atoms in total. The summed E-state index contributed by atoms with van der Waals surface area (Å²) >= 11 is 0. The van der Waals surface area contributed by atoms with Crippen molar-refractivity contribution in [2.45, 2.75) is 12.8 Å². The lowest BCUT2D eigenvalue weighted by atomic mass is 10.1. The number of furan rings is 1. The van der Waals surface area contributed by atoms with Gasteiger partial charge in [0.05, 0.1) is 17.5 Å². The van der Waals surface area contributed by atoms with E-state index in [9.17, 15) is 22.8 Å². The van der Waals surface area contributed by atoms with Crippen molar-refractivity contribution < 1.29 is 31.9 Å². The maximum atomic E-state index is 13.7. The number of ether oxygens (including phenoxy) is 1. The Balaban J connectivity index is 1.45. The van der Waals surface area contributed by atoms with Gasteiger partial charge in [-0.25, -0.2) is 4.98 Å². The Bertz CT molecular complexity index is 1330. The zero-order chi connectivity index (χ0) is 25.0. The van der Waals surface area contributed by atoms with Gasteiger partial charge in [0.1, 0.15) is 18.2 Å². The lowest BCUT2D eigenvalue weighted by molar-refractivity contribution is -0.136. The minimum atomic E-state index is -4.78. The number of aryl methyl sites for hydroxylation is 1. The number of halogens is 3. The predicted molar refractivity (Wildman–Crippen MR) is 120 cm³/mol. The number of carbonyl (C=O) groups is 2. The molecule has 0 saturated carbocycles. The molecule has 0 saturated heterocycles. The number of carbonyl (C=O) groups excluding carboxylic acids is 2. The largest absolute Gasteiger partial charge is 0.486 e. The van der Waals surface area contributed by atoms with Crippen molar-refractivity contribution in [2.24, 2.45) is 7.05 Å². The quantitative estimate of drug-likeness (QED) is 0.380. The lowest BCUT2D eigenvalue weighted by Crippen LogP contribution is -2.18. The van der Waals surface area contributed by atoms with E-state index in [0.717, 1.165) is 12.1 Å². The Morgan fingerprint density at radius 1 is 1.06 bits per heavy atom. The minimum absolute atomic E-state index is 0.0525. The number of anilines is 2. The van der Waals surface area contributed by atoms with Gasteiger partial charge in [-0.1, -0.05) is 0 Å². The highest BCUT2D eigenvalue weighted by atomic mass is 19.4. The molecule has 0 atom stereocenters. The third kappa shape index (κ3) is 5.69. The molecular weight excluding hydrogens is 465 g/mol. The summed E-state index contributed by atoms with van der Waals surface area (Å²) in [7, 11) is 1.83. The van der Waals surface area contributed by atoms with Gasteiger partial charge in [0.15, 0.2) is 5.76 Å². The highest BCUT2D eigenvalue weighted by molar-refractivity contribution is 6.05. The van der Waals surface area contributed by atoms with Crippen molar-refractivity contribution in [1.82, 2.24) is 9.55 Å². The molecule has 0 aliphatic carbocycles. The van der Waals surface area contributed by atoms with E-state index in [0.29, 0.717) is 11.6 Å². The average molecular weight is 484 g/mol. The highest BCUT2D eigenvalue weighted by Crippen LogP contribution is 2.37. The fourth-order valence-corrected chi connectivity index (χ4v) is 3.15. The second kappa shape index (κ2) is 9.75. The summed E-state index contributed by atoms with van der Waals surface area (Å²) in [5, 5.41) is 4.61. The smallest absolute Gasteiger partial charge is 0.418 e. The highest BCUT2D eigenvalue weighted by Gasteiger charge is 2.34. The molecule has 0 radical (unpaired) electrons. The third-order valence-electron chi connectivity index (χ3n) is 4.98. The molecule has 2 aromatic heterocycles. The molecular formula is C24H19F3N4O4. The Kier molecular flexibility index (Phi) is 6.58. The molecule has 0 fully saturated rings. The SMILES string of the molecule is Cn1ccnc1COc1ccc(C(=O)Nc2ccc(NC(=O)c3ccco3)cc2C(F)(F)F)cc1. The number of hydrogen-bond acceptors (Lipinski definition) is 5. The molecule has 0 aliphatic heterocycles. The van der Waals surface area contributed by atoms with Crippen LogP contribution in [0.3, 0.4) is 0 Å². The first-order valence-corrected chi connectivity index (χ1v) is 10.3. The van der Waals surface area contributed by atoms with Crippen molar-refractivity contribution in [2.75, 3.05) is 10.6 Å². The Morgan fingerprint density at radius 3 is 2.46 bits per heavy atom. The number of hydrogen-bond donors (Lipinski definition) is 2. The third-order valence-corrected chi connectivity index (χ3v) is 4.98. The molecule has 0 spiro atoms. The molecule has 0 unspecified atom stereocenters. The van der Waals surface area contributed by atoms with Crippen LogP contribution in [-0.2, 0) is 19.8 Å². The maximum absolute atomic E-state index is 13.7. The molecule has 2 amide bonds. The number of alkyl halides is 3. The van der Waals surface area contributed by atoms with Gasteiger partial charge in [-0.05, 0) is 54.6 Å². The van der Waals surface area contributed by atoms with Crippen molar-refractivity contribution in [1.29, 1.82) is 0 Å². The molecule has 180 valence electrons. The minimum Gasteiger partial charge on any atom is -0.486 e. The first kappa shape index (κ1) is 23.6. The van der Waals surface area contributed by atoms with Crippen LogP contribution < -0.4 is 15.4 Å². The summed E-state index contributed by atoms with van der Waals surface area (Å²) in [4.78, 5) is 28.8. The molecule has 4 aromatic rings. The van der Waals surface area contributed by atoms with E-state index in [1.54, 1.807) is 17.0 Å². The van der Waals surface area contributed by atoms with Gasteiger partial charge in [0, 0.05) is 30.7 Å². The normalized spacial score (nSPS) is 11.2. The van der Waals surface area contributed by atoms with Crippen LogP contribution in [0.25, 0.3) is 0 Å². The number of imidazole rings is 1. The fraction of sp³-hybridized carbons (Fsp3) is 0.125. The zero-order valence-corrected chi connectivity index (χ0v) is 18.3. The number of amides is 2. The van der Waals surface area contributed by atoms with Gasteiger partial charge >= 0.3 is 6.18 Å². The zero-order valence-electron chi connectivity index (χ0n) is 18.3. The van der Waals surface area contributed by atoms with Gasteiger partial charge in [-0.2, -0.15) is 13.2 Å². The van der Waals surface area contributed by atoms with E-state index in [1.807, 2.05) is 7.05 Å². The standard InChI is InChI=1S/C24H19F3N4O4/c1-31-11-10-28-21(31)14-35-17-7-4-15(5-8-17)22(32)30-19-9-6-16(13-18(19)24(25,26)27)29-23(33)20-3-2-12-34-20/h2-13H,14H2,1H3,(H,29,33)(H,30,32). The second-order valence-electron chi connectivity index (χ2n) is 7.41. The van der Waals surface area contributed by atoms with Crippen LogP contribution in [0.1, 0.15) is 32.3 Å². The number of nitrogens with one attached hydrogen (secondary N) is 2. The maximum Gasteiger partial charge on any atom is 0.418 e. The monoisotopic (exact) mass is 484 g/mol. The van der Waals surface area contributed by atoms with Crippen LogP contribution in [0.4, 0.5) is 24.5 Å². The van der Waals surface area contributed by atoms with E-state index < -0.39 is 29.2 Å². The first-order valence-electron chi connectivity index (χ1n) is 10.3. The summed E-state index contributed by atoms with van der Waals surface area (Å²) in [5.74, 6) is -0.320. The van der Waals surface area contributed by atoms with E-state index in [-0.39, 0.29) is 23.6 Å².